The molecular formula is C25H27ClFN5O3. The lowest BCUT2D eigenvalue weighted by Gasteiger charge is -2.36. The third-order valence-electron chi connectivity index (χ3n) is 6.32. The second-order valence-corrected chi connectivity index (χ2v) is 9.50. The van der Waals surface area contributed by atoms with Crippen LogP contribution >= 0.6 is 11.6 Å². The lowest BCUT2D eigenvalue weighted by atomic mass is 9.76. The zero-order valence-electron chi connectivity index (χ0n) is 19.3. The zero-order chi connectivity index (χ0) is 25.1. The summed E-state index contributed by atoms with van der Waals surface area (Å²) in [5, 5.41) is 7.46. The van der Waals surface area contributed by atoms with Crippen molar-refractivity contribution in [1.29, 1.82) is 0 Å². The van der Waals surface area contributed by atoms with Crippen LogP contribution in [0.2, 0.25) is 5.02 Å². The van der Waals surface area contributed by atoms with Gasteiger partial charge in [0.05, 0.1) is 17.1 Å². The molecule has 0 radical (unpaired) electrons. The molecule has 35 heavy (non-hydrogen) atoms. The summed E-state index contributed by atoms with van der Waals surface area (Å²) in [6.45, 7) is 2.22. The summed E-state index contributed by atoms with van der Waals surface area (Å²) in [7, 11) is 0. The topological polar surface area (TPSA) is 110 Å². The molecule has 1 saturated carbocycles. The van der Waals surface area contributed by atoms with Gasteiger partial charge in [0.1, 0.15) is 12.4 Å². The Hall–Kier alpha value is -3.46. The first-order valence-corrected chi connectivity index (χ1v) is 11.8. The van der Waals surface area contributed by atoms with Gasteiger partial charge in [-0.1, -0.05) is 48.9 Å². The average molecular weight is 500 g/mol. The Labute approximate surface area is 207 Å². The molecule has 0 atom stereocenters. The highest BCUT2D eigenvalue weighted by atomic mass is 35.5. The van der Waals surface area contributed by atoms with Crippen LogP contribution in [0.4, 0.5) is 4.39 Å². The van der Waals surface area contributed by atoms with Crippen LogP contribution in [0.25, 0.3) is 10.9 Å². The van der Waals surface area contributed by atoms with Gasteiger partial charge in [0, 0.05) is 24.0 Å². The predicted octanol–water partition coefficient (Wildman–Crippen LogP) is 3.12. The monoisotopic (exact) mass is 499 g/mol. The molecular weight excluding hydrogens is 473 g/mol. The second-order valence-electron chi connectivity index (χ2n) is 9.09. The normalized spacial score (nSPS) is 17.1. The number of nitrogens with one attached hydrogen (secondary N) is 1. The Morgan fingerprint density at radius 2 is 1.94 bits per heavy atom. The molecule has 0 bridgehead atoms. The van der Waals surface area contributed by atoms with E-state index in [1.807, 2.05) is 0 Å². The molecule has 10 heteroatoms. The van der Waals surface area contributed by atoms with Crippen molar-refractivity contribution in [2.75, 3.05) is 13.1 Å². The third-order valence-corrected chi connectivity index (χ3v) is 6.61. The summed E-state index contributed by atoms with van der Waals surface area (Å²) in [5.41, 5.74) is 6.42. The molecule has 184 valence electrons. The van der Waals surface area contributed by atoms with Gasteiger partial charge in [0.25, 0.3) is 5.91 Å². The molecule has 0 saturated heterocycles. The Morgan fingerprint density at radius 3 is 2.66 bits per heavy atom. The van der Waals surface area contributed by atoms with Gasteiger partial charge in [-0.05, 0) is 36.8 Å². The number of para-hydroxylation sites is 1. The van der Waals surface area contributed by atoms with E-state index in [1.165, 1.54) is 15.6 Å². The minimum absolute atomic E-state index is 0.0190. The molecule has 0 unspecified atom stereocenters. The molecule has 3 N–H and O–H groups in total. The summed E-state index contributed by atoms with van der Waals surface area (Å²) < 4.78 is 15.6. The maximum atomic E-state index is 14.1. The van der Waals surface area contributed by atoms with E-state index in [4.69, 9.17) is 17.3 Å². The number of halogens is 2. The maximum Gasteiger partial charge on any atom is 0.269 e. The van der Waals surface area contributed by atoms with Crippen molar-refractivity contribution in [2.24, 2.45) is 17.6 Å². The lowest BCUT2D eigenvalue weighted by molar-refractivity contribution is -0.138. The number of fused-ring (bicyclic) bond motifs is 1. The van der Waals surface area contributed by atoms with Crippen LogP contribution in [0, 0.1) is 17.7 Å². The minimum atomic E-state index is -0.680. The number of hydrogen-bond acceptors (Lipinski definition) is 4. The van der Waals surface area contributed by atoms with Crippen LogP contribution in [-0.2, 0) is 22.7 Å². The van der Waals surface area contributed by atoms with Gasteiger partial charge in [-0.25, -0.2) is 4.39 Å². The lowest BCUT2D eigenvalue weighted by Crippen LogP contribution is -2.46. The first-order valence-electron chi connectivity index (χ1n) is 11.5. The fourth-order valence-electron chi connectivity index (χ4n) is 4.55. The van der Waals surface area contributed by atoms with E-state index >= 15 is 0 Å². The number of amides is 3. The molecule has 1 aliphatic rings. The fraction of sp³-hybridized carbons (Fsp3) is 0.360. The summed E-state index contributed by atoms with van der Waals surface area (Å²) in [6.07, 6.45) is 1.96. The molecule has 0 aliphatic heterocycles. The van der Waals surface area contributed by atoms with Crippen molar-refractivity contribution in [1.82, 2.24) is 20.0 Å². The van der Waals surface area contributed by atoms with Crippen molar-refractivity contribution >= 4 is 40.2 Å². The molecule has 4 rings (SSSR count). The highest BCUT2D eigenvalue weighted by Crippen LogP contribution is 2.33. The van der Waals surface area contributed by atoms with E-state index in [2.05, 4.69) is 17.3 Å². The van der Waals surface area contributed by atoms with Crippen LogP contribution < -0.4 is 11.1 Å². The number of rotatable bonds is 9. The third kappa shape index (κ3) is 5.62. The Morgan fingerprint density at radius 1 is 1.20 bits per heavy atom. The SMILES string of the molecule is CC1CC(CN(CC(=O)NCc2cccc(Cl)c2F)C(=O)Cn2nc(C(N)=O)c3ccccc32)C1. The first kappa shape index (κ1) is 24.7. The van der Waals surface area contributed by atoms with Crippen molar-refractivity contribution in [3.8, 4) is 0 Å². The van der Waals surface area contributed by atoms with E-state index in [0.717, 1.165) is 12.8 Å². The highest BCUT2D eigenvalue weighted by Gasteiger charge is 2.30. The second kappa shape index (κ2) is 10.4. The maximum absolute atomic E-state index is 14.1. The van der Waals surface area contributed by atoms with E-state index in [-0.39, 0.29) is 41.8 Å². The van der Waals surface area contributed by atoms with Gasteiger partial charge in [-0.2, -0.15) is 5.10 Å². The standard InChI is InChI=1S/C25H27ClFN5O3/c1-15-9-16(10-15)12-31(13-21(33)29-11-17-5-4-7-19(26)23(17)27)22(34)14-32-20-8-3-2-6-18(20)24(30-32)25(28)35/h2-8,15-16H,9-14H2,1H3,(H2,28,35)(H,29,33). The van der Waals surface area contributed by atoms with Gasteiger partial charge >= 0.3 is 0 Å². The molecule has 3 aromatic rings. The molecule has 1 fully saturated rings. The highest BCUT2D eigenvalue weighted by molar-refractivity contribution is 6.30. The molecule has 1 aliphatic carbocycles. The van der Waals surface area contributed by atoms with Crippen LogP contribution in [0.15, 0.2) is 42.5 Å². The van der Waals surface area contributed by atoms with Crippen molar-refractivity contribution in [3.05, 3.63) is 64.6 Å². The molecule has 2 aromatic carbocycles. The number of benzene rings is 2. The van der Waals surface area contributed by atoms with Crippen LogP contribution in [0.1, 0.15) is 35.8 Å². The molecule has 0 spiro atoms. The minimum Gasteiger partial charge on any atom is -0.364 e. The first-order chi connectivity index (χ1) is 16.7. The van der Waals surface area contributed by atoms with Gasteiger partial charge in [-0.3, -0.25) is 19.1 Å². The van der Waals surface area contributed by atoms with Crippen LogP contribution in [0.3, 0.4) is 0 Å². The van der Waals surface area contributed by atoms with E-state index in [0.29, 0.717) is 29.3 Å². The van der Waals surface area contributed by atoms with E-state index in [1.54, 1.807) is 36.4 Å². The summed E-state index contributed by atoms with van der Waals surface area (Å²) in [4.78, 5) is 39.3. The number of carbonyl (C=O) groups excluding carboxylic acids is 3. The predicted molar refractivity (Wildman–Crippen MR) is 130 cm³/mol. The molecule has 8 nitrogen and oxygen atoms in total. The van der Waals surface area contributed by atoms with Crippen LogP contribution in [0.5, 0.6) is 0 Å². The van der Waals surface area contributed by atoms with Crippen molar-refractivity contribution in [2.45, 2.75) is 32.9 Å². The van der Waals surface area contributed by atoms with E-state index in [9.17, 15) is 18.8 Å². The van der Waals surface area contributed by atoms with Gasteiger partial charge in [0.15, 0.2) is 5.69 Å². The smallest absolute Gasteiger partial charge is 0.269 e. The Bertz CT molecular complexity index is 1270. The van der Waals surface area contributed by atoms with Gasteiger partial charge in [0.2, 0.25) is 11.8 Å². The van der Waals surface area contributed by atoms with Crippen LogP contribution in [-0.4, -0.2) is 45.5 Å². The number of aromatic nitrogens is 2. The summed E-state index contributed by atoms with van der Waals surface area (Å²) in [5.74, 6) is -1.08. The fourth-order valence-corrected chi connectivity index (χ4v) is 4.74. The number of primary amides is 1. The molecule has 1 heterocycles. The Kier molecular flexibility index (Phi) is 7.35. The number of hydrogen-bond donors (Lipinski definition) is 2. The largest absolute Gasteiger partial charge is 0.364 e. The number of carbonyl (C=O) groups is 3. The number of nitrogens with two attached hydrogens (primary N) is 1. The van der Waals surface area contributed by atoms with Crippen molar-refractivity contribution in [3.63, 3.8) is 0 Å². The average Bonchev–Trinajstić information content (AvgIpc) is 3.17. The summed E-state index contributed by atoms with van der Waals surface area (Å²) in [6, 6.07) is 11.6. The van der Waals surface area contributed by atoms with E-state index < -0.39 is 17.6 Å². The Balaban J connectivity index is 1.47. The van der Waals surface area contributed by atoms with Gasteiger partial charge in [-0.15, -0.1) is 0 Å². The zero-order valence-corrected chi connectivity index (χ0v) is 20.1. The molecule has 3 amide bonds. The number of nitrogens with zero attached hydrogens (tertiary/aromatic N) is 3. The summed E-state index contributed by atoms with van der Waals surface area (Å²) >= 11 is 5.81. The van der Waals surface area contributed by atoms with Crippen molar-refractivity contribution < 1.29 is 18.8 Å². The quantitative estimate of drug-likeness (QED) is 0.471. The van der Waals surface area contributed by atoms with Gasteiger partial charge < -0.3 is 16.0 Å². The molecule has 1 aromatic heterocycles.